The third-order valence-electron chi connectivity index (χ3n) is 6.94. The average Bonchev–Trinajstić information content (AvgIpc) is 3.18. The van der Waals surface area contributed by atoms with E-state index in [0.29, 0.717) is 18.8 Å². The Morgan fingerprint density at radius 2 is 1.78 bits per heavy atom. The number of ether oxygens (including phenoxy) is 1. The van der Waals surface area contributed by atoms with E-state index in [9.17, 15) is 28.0 Å². The fourth-order valence-corrected chi connectivity index (χ4v) is 4.89. The Bertz CT molecular complexity index is 955. The number of hydrogen-bond acceptors (Lipinski definition) is 6. The van der Waals surface area contributed by atoms with E-state index in [1.54, 1.807) is 0 Å². The van der Waals surface area contributed by atoms with Crippen LogP contribution in [0.1, 0.15) is 57.9 Å². The number of carbonyl (C=O) groups is 4. The van der Waals surface area contributed by atoms with Crippen molar-refractivity contribution in [1.82, 2.24) is 10.6 Å². The van der Waals surface area contributed by atoms with Crippen molar-refractivity contribution >= 4 is 29.3 Å². The van der Waals surface area contributed by atoms with E-state index in [2.05, 4.69) is 20.7 Å². The molecular formula is C26H35F2N3O5. The summed E-state index contributed by atoms with van der Waals surface area (Å²) in [6.07, 6.45) is 0.515. The maximum Gasteiger partial charge on any atom is 0.376 e. The zero-order chi connectivity index (χ0) is 26.5. The van der Waals surface area contributed by atoms with Gasteiger partial charge in [-0.15, -0.1) is 0 Å². The number of benzene rings is 1. The zero-order valence-electron chi connectivity index (χ0n) is 20.9. The Labute approximate surface area is 209 Å². The number of fused-ring (bicyclic) bond motifs is 1. The smallest absolute Gasteiger partial charge is 0.376 e. The van der Waals surface area contributed by atoms with E-state index in [-0.39, 0.29) is 18.2 Å². The first kappa shape index (κ1) is 27.5. The van der Waals surface area contributed by atoms with E-state index in [4.69, 9.17) is 0 Å². The lowest BCUT2D eigenvalue weighted by Crippen LogP contribution is -2.59. The maximum atomic E-state index is 13.7. The topological polar surface area (TPSA) is 114 Å². The van der Waals surface area contributed by atoms with Crippen molar-refractivity contribution in [3.63, 3.8) is 0 Å². The molecule has 1 aliphatic carbocycles. The number of rotatable bonds is 12. The SMILES string of the molecule is COC(=O)C(=O)[C@H](CC(F)F)NC(=O)[C@H](CC(C)C)NC(=O)[C@@]1(CC2CCC2)Cc2ccccc2N1. The molecule has 0 saturated heterocycles. The molecule has 1 aromatic carbocycles. The number of ketones is 1. The molecule has 0 spiro atoms. The molecule has 1 saturated carbocycles. The minimum Gasteiger partial charge on any atom is -0.463 e. The summed E-state index contributed by atoms with van der Waals surface area (Å²) in [5.74, 6) is -3.37. The van der Waals surface area contributed by atoms with Gasteiger partial charge in [0.1, 0.15) is 17.6 Å². The van der Waals surface area contributed by atoms with Gasteiger partial charge in [-0.25, -0.2) is 13.6 Å². The summed E-state index contributed by atoms with van der Waals surface area (Å²) in [6.45, 7) is 3.72. The maximum absolute atomic E-state index is 13.7. The molecule has 1 aromatic rings. The molecule has 8 nitrogen and oxygen atoms in total. The highest BCUT2D eigenvalue weighted by Crippen LogP contribution is 2.41. The number of hydrogen-bond donors (Lipinski definition) is 3. The van der Waals surface area contributed by atoms with Crippen LogP contribution in [0, 0.1) is 11.8 Å². The van der Waals surface area contributed by atoms with E-state index in [1.807, 2.05) is 38.1 Å². The number of methoxy groups -OCH3 is 1. The lowest BCUT2D eigenvalue weighted by Gasteiger charge is -2.37. The Hall–Kier alpha value is -3.04. The number of esters is 1. The van der Waals surface area contributed by atoms with Gasteiger partial charge in [0, 0.05) is 18.5 Å². The first-order valence-corrected chi connectivity index (χ1v) is 12.4. The molecule has 1 heterocycles. The van der Waals surface area contributed by atoms with Gasteiger partial charge in [0.2, 0.25) is 18.2 Å². The number of para-hydroxylation sites is 1. The van der Waals surface area contributed by atoms with E-state index in [0.717, 1.165) is 37.6 Å². The normalized spacial score (nSPS) is 20.6. The molecule has 10 heteroatoms. The van der Waals surface area contributed by atoms with E-state index in [1.165, 1.54) is 0 Å². The number of amides is 2. The molecule has 198 valence electrons. The molecule has 2 amide bonds. The minimum absolute atomic E-state index is 0.0257. The van der Waals surface area contributed by atoms with Crippen LogP contribution in [-0.2, 0) is 30.3 Å². The quantitative estimate of drug-likeness (QED) is 0.296. The van der Waals surface area contributed by atoms with Gasteiger partial charge in [-0.2, -0.15) is 0 Å². The molecule has 0 unspecified atom stereocenters. The molecule has 3 rings (SSSR count). The molecule has 3 atom stereocenters. The first-order valence-electron chi connectivity index (χ1n) is 12.4. The van der Waals surface area contributed by atoms with Crippen LogP contribution in [0.5, 0.6) is 0 Å². The minimum atomic E-state index is -2.94. The van der Waals surface area contributed by atoms with Crippen molar-refractivity contribution in [3.8, 4) is 0 Å². The first-order chi connectivity index (χ1) is 17.0. The van der Waals surface area contributed by atoms with E-state index >= 15 is 0 Å². The monoisotopic (exact) mass is 507 g/mol. The van der Waals surface area contributed by atoms with Crippen LogP contribution in [0.2, 0.25) is 0 Å². The Morgan fingerprint density at radius 1 is 1.08 bits per heavy atom. The summed E-state index contributed by atoms with van der Waals surface area (Å²) in [5.41, 5.74) is 0.948. The second-order valence-corrected chi connectivity index (χ2v) is 10.2. The number of anilines is 1. The summed E-state index contributed by atoms with van der Waals surface area (Å²) >= 11 is 0. The largest absolute Gasteiger partial charge is 0.463 e. The van der Waals surface area contributed by atoms with Crippen LogP contribution in [0.3, 0.4) is 0 Å². The number of nitrogens with one attached hydrogen (secondary N) is 3. The predicted octanol–water partition coefficient (Wildman–Crippen LogP) is 3.00. The van der Waals surface area contributed by atoms with Gasteiger partial charge in [0.25, 0.3) is 5.78 Å². The van der Waals surface area contributed by atoms with Gasteiger partial charge in [0.05, 0.1) is 7.11 Å². The van der Waals surface area contributed by atoms with Crippen LogP contribution >= 0.6 is 0 Å². The van der Waals surface area contributed by atoms with Gasteiger partial charge in [0.15, 0.2) is 0 Å². The van der Waals surface area contributed by atoms with E-state index < -0.39 is 48.1 Å². The van der Waals surface area contributed by atoms with Crippen LogP contribution < -0.4 is 16.0 Å². The fraction of sp³-hybridized carbons (Fsp3) is 0.615. The number of Topliss-reactive ketones (excluding diaryl/α,β-unsaturated/α-hetero) is 1. The highest BCUT2D eigenvalue weighted by atomic mass is 19.3. The lowest BCUT2D eigenvalue weighted by molar-refractivity contribution is -0.153. The molecule has 0 radical (unpaired) electrons. The molecule has 1 fully saturated rings. The van der Waals surface area contributed by atoms with Crippen molar-refractivity contribution in [1.29, 1.82) is 0 Å². The van der Waals surface area contributed by atoms with Crippen LogP contribution in [0.15, 0.2) is 24.3 Å². The third kappa shape index (κ3) is 6.59. The Morgan fingerprint density at radius 3 is 2.33 bits per heavy atom. The van der Waals surface area contributed by atoms with Crippen LogP contribution in [0.25, 0.3) is 0 Å². The van der Waals surface area contributed by atoms with Crippen LogP contribution in [-0.4, -0.2) is 54.7 Å². The summed E-state index contributed by atoms with van der Waals surface area (Å²) < 4.78 is 30.5. The molecule has 3 N–H and O–H groups in total. The van der Waals surface area contributed by atoms with Gasteiger partial charge >= 0.3 is 5.97 Å². The summed E-state index contributed by atoms with van der Waals surface area (Å²) in [4.78, 5) is 50.8. The molecule has 1 aliphatic heterocycles. The second-order valence-electron chi connectivity index (χ2n) is 10.2. The van der Waals surface area contributed by atoms with Crippen molar-refractivity contribution in [3.05, 3.63) is 29.8 Å². The fourth-order valence-electron chi connectivity index (χ4n) is 4.89. The highest BCUT2D eigenvalue weighted by molar-refractivity contribution is 6.36. The zero-order valence-corrected chi connectivity index (χ0v) is 20.9. The molecule has 0 bridgehead atoms. The van der Waals surface area contributed by atoms with Gasteiger partial charge in [-0.1, -0.05) is 51.3 Å². The van der Waals surface area contributed by atoms with Gasteiger partial charge in [-0.05, 0) is 36.3 Å². The standard InChI is InChI=1S/C26H35F2N3O5/c1-15(2)11-20(23(33)29-19(12-21(27)28)22(32)24(34)36-3)30-25(35)26(13-16-7-6-8-16)14-17-9-4-5-10-18(17)31-26/h4-5,9-10,15-16,19-21,31H,6-8,11-14H2,1-3H3,(H,29,33)(H,30,35)/t19-,20-,26+/m0/s1. The van der Waals surface area contributed by atoms with Crippen molar-refractivity contribution in [2.75, 3.05) is 12.4 Å². The number of carbonyl (C=O) groups excluding carboxylic acids is 4. The third-order valence-corrected chi connectivity index (χ3v) is 6.94. The Balaban J connectivity index is 1.80. The van der Waals surface area contributed by atoms with Gasteiger partial charge < -0.3 is 20.7 Å². The molecule has 2 aliphatic rings. The summed E-state index contributed by atoms with van der Waals surface area (Å²) in [6, 6.07) is 4.84. The average molecular weight is 508 g/mol. The van der Waals surface area contributed by atoms with Gasteiger partial charge in [-0.3, -0.25) is 14.4 Å². The summed E-state index contributed by atoms with van der Waals surface area (Å²) in [5, 5.41) is 8.48. The predicted molar refractivity (Wildman–Crippen MR) is 129 cm³/mol. The molecule has 36 heavy (non-hydrogen) atoms. The molecule has 0 aromatic heterocycles. The molecular weight excluding hydrogens is 472 g/mol. The summed E-state index contributed by atoms with van der Waals surface area (Å²) in [7, 11) is 0.956. The lowest BCUT2D eigenvalue weighted by atomic mass is 9.74. The second kappa shape index (κ2) is 11.8. The highest BCUT2D eigenvalue weighted by Gasteiger charge is 2.47. The Kier molecular flexibility index (Phi) is 9.03. The number of halogens is 2. The van der Waals surface area contributed by atoms with Crippen molar-refractivity contribution in [2.24, 2.45) is 11.8 Å². The van der Waals surface area contributed by atoms with Crippen molar-refractivity contribution in [2.45, 2.75) is 82.8 Å². The van der Waals surface area contributed by atoms with Crippen LogP contribution in [0.4, 0.5) is 14.5 Å². The number of alkyl halides is 2. The van der Waals surface area contributed by atoms with Crippen molar-refractivity contribution < 1.29 is 32.7 Å².